The Morgan fingerprint density at radius 2 is 1.45 bits per heavy atom. The van der Waals surface area contributed by atoms with Crippen LogP contribution in [0.2, 0.25) is 0 Å². The van der Waals surface area contributed by atoms with E-state index in [9.17, 15) is 9.59 Å². The Labute approximate surface area is 224 Å². The minimum atomic E-state index is -0.191. The molecule has 0 aromatic heterocycles. The molecule has 4 rings (SSSR count). The zero-order valence-electron chi connectivity index (χ0n) is 21.5. The van der Waals surface area contributed by atoms with Gasteiger partial charge < -0.3 is 20.7 Å². The number of ether oxygens (including phenoxy) is 1. The number of rotatable bonds is 12. The summed E-state index contributed by atoms with van der Waals surface area (Å²) in [5.74, 6) is 0.309. The fourth-order valence-electron chi connectivity index (χ4n) is 4.02. The van der Waals surface area contributed by atoms with Crippen molar-refractivity contribution < 1.29 is 14.3 Å². The van der Waals surface area contributed by atoms with Gasteiger partial charge in [-0.2, -0.15) is 0 Å². The SMILES string of the molecule is CC(NC(=O)c1ccc(NCC(=O)Nc2ccccc2OCCCc2ccccc2)cc1)c1ccccc1. The molecule has 4 aromatic rings. The van der Waals surface area contributed by atoms with Gasteiger partial charge in [0.2, 0.25) is 5.91 Å². The summed E-state index contributed by atoms with van der Waals surface area (Å²) in [6.45, 7) is 2.60. The molecular formula is C32H33N3O3. The van der Waals surface area contributed by atoms with Crippen LogP contribution in [-0.2, 0) is 11.2 Å². The highest BCUT2D eigenvalue weighted by Crippen LogP contribution is 2.24. The molecule has 38 heavy (non-hydrogen) atoms. The zero-order chi connectivity index (χ0) is 26.6. The number of para-hydroxylation sites is 2. The molecule has 0 aliphatic carbocycles. The fourth-order valence-corrected chi connectivity index (χ4v) is 4.02. The van der Waals surface area contributed by atoms with Crippen LogP contribution in [0.15, 0.2) is 109 Å². The van der Waals surface area contributed by atoms with Crippen LogP contribution < -0.4 is 20.7 Å². The van der Waals surface area contributed by atoms with Gasteiger partial charge >= 0.3 is 0 Å². The Balaban J connectivity index is 1.22. The quantitative estimate of drug-likeness (QED) is 0.198. The first kappa shape index (κ1) is 26.5. The minimum Gasteiger partial charge on any atom is -0.491 e. The van der Waals surface area contributed by atoms with Gasteiger partial charge in [-0.3, -0.25) is 9.59 Å². The molecule has 6 nitrogen and oxygen atoms in total. The maximum Gasteiger partial charge on any atom is 0.251 e. The van der Waals surface area contributed by atoms with Crippen LogP contribution in [0.5, 0.6) is 5.75 Å². The molecule has 0 heterocycles. The highest BCUT2D eigenvalue weighted by atomic mass is 16.5. The number of carbonyl (C=O) groups excluding carboxylic acids is 2. The number of aryl methyl sites for hydroxylation is 1. The highest BCUT2D eigenvalue weighted by Gasteiger charge is 2.12. The van der Waals surface area contributed by atoms with E-state index < -0.39 is 0 Å². The largest absolute Gasteiger partial charge is 0.491 e. The van der Waals surface area contributed by atoms with Crippen LogP contribution in [0.4, 0.5) is 11.4 Å². The lowest BCUT2D eigenvalue weighted by molar-refractivity contribution is -0.114. The third-order valence-corrected chi connectivity index (χ3v) is 6.12. The average molecular weight is 508 g/mol. The summed E-state index contributed by atoms with van der Waals surface area (Å²) >= 11 is 0. The topological polar surface area (TPSA) is 79.5 Å². The summed E-state index contributed by atoms with van der Waals surface area (Å²) in [7, 11) is 0. The number of anilines is 2. The molecule has 1 atom stereocenters. The Morgan fingerprint density at radius 1 is 0.789 bits per heavy atom. The number of benzene rings is 4. The van der Waals surface area contributed by atoms with E-state index in [1.165, 1.54) is 5.56 Å². The molecule has 0 saturated heterocycles. The van der Waals surface area contributed by atoms with Gasteiger partial charge in [-0.05, 0) is 67.3 Å². The van der Waals surface area contributed by atoms with E-state index in [1.807, 2.05) is 79.7 Å². The maximum atomic E-state index is 12.6. The molecule has 0 radical (unpaired) electrons. The number of hydrogen-bond donors (Lipinski definition) is 3. The van der Waals surface area contributed by atoms with Crippen molar-refractivity contribution in [1.82, 2.24) is 5.32 Å². The van der Waals surface area contributed by atoms with E-state index in [0.29, 0.717) is 23.6 Å². The Hall–Kier alpha value is -4.58. The Bertz CT molecular complexity index is 1310. The summed E-state index contributed by atoms with van der Waals surface area (Å²) in [5.41, 5.74) is 4.27. The first-order valence-corrected chi connectivity index (χ1v) is 12.8. The molecule has 0 aliphatic rings. The lowest BCUT2D eigenvalue weighted by Gasteiger charge is -2.15. The second kappa shape index (κ2) is 13.7. The number of amides is 2. The van der Waals surface area contributed by atoms with Crippen molar-refractivity contribution >= 4 is 23.2 Å². The zero-order valence-corrected chi connectivity index (χ0v) is 21.5. The first-order valence-electron chi connectivity index (χ1n) is 12.8. The van der Waals surface area contributed by atoms with Crippen LogP contribution in [0.25, 0.3) is 0 Å². The Kier molecular flexibility index (Phi) is 9.51. The summed E-state index contributed by atoms with van der Waals surface area (Å²) in [5, 5.41) is 9.02. The van der Waals surface area contributed by atoms with Gasteiger partial charge in [-0.1, -0.05) is 72.8 Å². The maximum absolute atomic E-state index is 12.6. The van der Waals surface area contributed by atoms with Crippen LogP contribution in [-0.4, -0.2) is 25.0 Å². The summed E-state index contributed by atoms with van der Waals surface area (Å²) in [6.07, 6.45) is 1.82. The lowest BCUT2D eigenvalue weighted by atomic mass is 10.1. The number of nitrogens with one attached hydrogen (secondary N) is 3. The van der Waals surface area contributed by atoms with Crippen molar-refractivity contribution in [2.24, 2.45) is 0 Å². The van der Waals surface area contributed by atoms with Gasteiger partial charge in [-0.25, -0.2) is 0 Å². The van der Waals surface area contributed by atoms with Crippen molar-refractivity contribution in [1.29, 1.82) is 0 Å². The molecule has 0 aliphatic heterocycles. The number of hydrogen-bond acceptors (Lipinski definition) is 4. The van der Waals surface area contributed by atoms with Crippen LogP contribution in [0.3, 0.4) is 0 Å². The molecule has 6 heteroatoms. The van der Waals surface area contributed by atoms with Gasteiger partial charge in [0.05, 0.1) is 24.9 Å². The fraction of sp³-hybridized carbons (Fsp3) is 0.188. The molecule has 194 valence electrons. The number of carbonyl (C=O) groups is 2. The van der Waals surface area contributed by atoms with E-state index in [-0.39, 0.29) is 24.4 Å². The van der Waals surface area contributed by atoms with E-state index in [2.05, 4.69) is 28.1 Å². The third kappa shape index (κ3) is 7.96. The van der Waals surface area contributed by atoms with Crippen molar-refractivity contribution in [2.75, 3.05) is 23.8 Å². The van der Waals surface area contributed by atoms with Crippen LogP contribution in [0, 0.1) is 0 Å². The van der Waals surface area contributed by atoms with Crippen molar-refractivity contribution in [3.63, 3.8) is 0 Å². The summed E-state index contributed by atoms with van der Waals surface area (Å²) in [4.78, 5) is 25.2. The van der Waals surface area contributed by atoms with E-state index in [0.717, 1.165) is 24.1 Å². The molecular weight excluding hydrogens is 474 g/mol. The second-order valence-corrected chi connectivity index (χ2v) is 9.02. The standard InChI is InChI=1S/C32H33N3O3/c1-24(26-14-6-3-7-15-26)34-32(37)27-18-20-28(21-19-27)33-23-31(36)35-29-16-8-9-17-30(29)38-22-10-13-25-11-4-2-5-12-25/h2-9,11-12,14-21,24,33H,10,13,22-23H2,1H3,(H,34,37)(H,35,36). The summed E-state index contributed by atoms with van der Waals surface area (Å²) in [6, 6.07) is 34.5. The highest BCUT2D eigenvalue weighted by molar-refractivity contribution is 5.96. The van der Waals surface area contributed by atoms with Gasteiger partial charge in [0.15, 0.2) is 0 Å². The summed E-state index contributed by atoms with van der Waals surface area (Å²) < 4.78 is 5.94. The second-order valence-electron chi connectivity index (χ2n) is 9.02. The van der Waals surface area contributed by atoms with Crippen molar-refractivity contribution in [3.05, 3.63) is 126 Å². The van der Waals surface area contributed by atoms with E-state index in [4.69, 9.17) is 4.74 Å². The lowest BCUT2D eigenvalue weighted by Crippen LogP contribution is -2.26. The average Bonchev–Trinajstić information content (AvgIpc) is 2.96. The van der Waals surface area contributed by atoms with Crippen molar-refractivity contribution in [2.45, 2.75) is 25.8 Å². The van der Waals surface area contributed by atoms with E-state index >= 15 is 0 Å². The normalized spacial score (nSPS) is 11.3. The molecule has 2 amide bonds. The molecule has 0 saturated carbocycles. The molecule has 3 N–H and O–H groups in total. The monoisotopic (exact) mass is 507 g/mol. The first-order chi connectivity index (χ1) is 18.6. The van der Waals surface area contributed by atoms with Crippen LogP contribution in [0.1, 0.15) is 40.9 Å². The predicted octanol–water partition coefficient (Wildman–Crippen LogP) is 6.24. The molecule has 1 unspecified atom stereocenters. The minimum absolute atomic E-state index is 0.0823. The predicted molar refractivity (Wildman–Crippen MR) is 153 cm³/mol. The Morgan fingerprint density at radius 3 is 2.18 bits per heavy atom. The smallest absolute Gasteiger partial charge is 0.251 e. The van der Waals surface area contributed by atoms with Gasteiger partial charge in [0.1, 0.15) is 5.75 Å². The molecule has 4 aromatic carbocycles. The molecule has 0 bridgehead atoms. The van der Waals surface area contributed by atoms with Gasteiger partial charge in [0.25, 0.3) is 5.91 Å². The van der Waals surface area contributed by atoms with Crippen LogP contribution >= 0.6 is 0 Å². The van der Waals surface area contributed by atoms with Gasteiger partial charge in [0, 0.05) is 11.3 Å². The van der Waals surface area contributed by atoms with Crippen molar-refractivity contribution in [3.8, 4) is 5.75 Å². The van der Waals surface area contributed by atoms with E-state index in [1.54, 1.807) is 24.3 Å². The van der Waals surface area contributed by atoms with Gasteiger partial charge in [-0.15, -0.1) is 0 Å². The molecule has 0 spiro atoms. The molecule has 0 fully saturated rings. The third-order valence-electron chi connectivity index (χ3n) is 6.12.